The molecule has 3 aromatic carbocycles. The third-order valence-corrected chi connectivity index (χ3v) is 7.30. The van der Waals surface area contributed by atoms with Crippen LogP contribution in [0.15, 0.2) is 76.7 Å². The van der Waals surface area contributed by atoms with E-state index in [2.05, 4.69) is 24.4 Å². The molecule has 3 aromatic rings. The SMILES string of the molecule is Cc1ccc(S(=O)(=O)N(CC(=O)N/N=C\c2ccc(C(C)C)cc2)c2ccc(C)cc2C)cc1. The molecule has 0 fully saturated rings. The number of rotatable bonds is 8. The molecule has 0 aliphatic rings. The Labute approximate surface area is 202 Å². The number of carbonyl (C=O) groups is 1. The standard InChI is InChI=1S/C27H31N3O3S/c1-19(2)24-11-9-23(10-12-24)17-28-29-27(31)18-30(26-15-8-21(4)16-22(26)5)34(32,33)25-13-6-20(3)7-14-25/h6-17,19H,18H2,1-5H3,(H,29,31)/b28-17-. The Bertz CT molecular complexity index is 1280. The smallest absolute Gasteiger partial charge is 0.264 e. The number of amides is 1. The summed E-state index contributed by atoms with van der Waals surface area (Å²) in [5.74, 6) is -0.108. The van der Waals surface area contributed by atoms with Crippen LogP contribution >= 0.6 is 0 Å². The zero-order valence-corrected chi connectivity index (χ0v) is 21.1. The van der Waals surface area contributed by atoms with Gasteiger partial charge in [0, 0.05) is 0 Å². The van der Waals surface area contributed by atoms with E-state index in [-0.39, 0.29) is 4.90 Å². The van der Waals surface area contributed by atoms with Crippen LogP contribution in [-0.4, -0.2) is 27.1 Å². The number of nitrogens with zero attached hydrogens (tertiary/aromatic N) is 2. The molecule has 1 amide bonds. The Kier molecular flexibility index (Phi) is 7.89. The molecule has 0 aromatic heterocycles. The van der Waals surface area contributed by atoms with Gasteiger partial charge in [-0.15, -0.1) is 0 Å². The van der Waals surface area contributed by atoms with Gasteiger partial charge >= 0.3 is 0 Å². The van der Waals surface area contributed by atoms with Crippen molar-refractivity contribution in [3.05, 3.63) is 94.5 Å². The summed E-state index contributed by atoms with van der Waals surface area (Å²) in [5.41, 5.74) is 7.68. The van der Waals surface area contributed by atoms with Gasteiger partial charge < -0.3 is 0 Å². The lowest BCUT2D eigenvalue weighted by Gasteiger charge is -2.25. The van der Waals surface area contributed by atoms with E-state index in [0.717, 1.165) is 26.6 Å². The van der Waals surface area contributed by atoms with Crippen molar-refractivity contribution in [1.29, 1.82) is 0 Å². The van der Waals surface area contributed by atoms with Crippen LogP contribution in [0.1, 0.15) is 47.6 Å². The summed E-state index contributed by atoms with van der Waals surface area (Å²) in [6.07, 6.45) is 1.54. The van der Waals surface area contributed by atoms with Crippen LogP contribution in [0, 0.1) is 20.8 Å². The molecule has 0 aliphatic carbocycles. The maximum Gasteiger partial charge on any atom is 0.264 e. The third-order valence-electron chi connectivity index (χ3n) is 5.52. The molecule has 0 atom stereocenters. The van der Waals surface area contributed by atoms with E-state index in [9.17, 15) is 13.2 Å². The summed E-state index contributed by atoms with van der Waals surface area (Å²) < 4.78 is 28.1. The van der Waals surface area contributed by atoms with Crippen molar-refractivity contribution < 1.29 is 13.2 Å². The number of nitrogens with one attached hydrogen (secondary N) is 1. The number of sulfonamides is 1. The molecular weight excluding hydrogens is 446 g/mol. The van der Waals surface area contributed by atoms with E-state index >= 15 is 0 Å². The van der Waals surface area contributed by atoms with Gasteiger partial charge in [-0.3, -0.25) is 9.10 Å². The van der Waals surface area contributed by atoms with Gasteiger partial charge in [0.1, 0.15) is 6.54 Å². The Morgan fingerprint density at radius 1 is 0.941 bits per heavy atom. The fourth-order valence-corrected chi connectivity index (χ4v) is 5.02. The van der Waals surface area contributed by atoms with Gasteiger partial charge in [-0.25, -0.2) is 13.8 Å². The molecule has 0 saturated carbocycles. The number of aryl methyl sites for hydroxylation is 3. The number of hydrazone groups is 1. The quantitative estimate of drug-likeness (QED) is 0.363. The molecule has 1 N–H and O–H groups in total. The molecule has 0 aliphatic heterocycles. The Balaban J connectivity index is 1.83. The average molecular weight is 478 g/mol. The number of carbonyl (C=O) groups excluding carboxylic acids is 1. The second-order valence-electron chi connectivity index (χ2n) is 8.73. The van der Waals surface area contributed by atoms with Crippen LogP contribution in [0.3, 0.4) is 0 Å². The van der Waals surface area contributed by atoms with Gasteiger partial charge in [0.05, 0.1) is 16.8 Å². The normalized spacial score (nSPS) is 11.7. The number of benzene rings is 3. The van der Waals surface area contributed by atoms with Crippen molar-refractivity contribution in [1.82, 2.24) is 5.43 Å². The van der Waals surface area contributed by atoms with Gasteiger partial charge in [-0.2, -0.15) is 5.10 Å². The van der Waals surface area contributed by atoms with Gasteiger partial charge in [0.15, 0.2) is 0 Å². The van der Waals surface area contributed by atoms with Crippen LogP contribution in [0.5, 0.6) is 0 Å². The summed E-state index contributed by atoms with van der Waals surface area (Å²) in [7, 11) is -3.97. The first-order valence-corrected chi connectivity index (χ1v) is 12.6. The summed E-state index contributed by atoms with van der Waals surface area (Å²) in [6, 6.07) is 19.9. The fraction of sp³-hybridized carbons (Fsp3) is 0.259. The van der Waals surface area contributed by atoms with Crippen molar-refractivity contribution in [2.75, 3.05) is 10.8 Å². The highest BCUT2D eigenvalue weighted by molar-refractivity contribution is 7.92. The summed E-state index contributed by atoms with van der Waals surface area (Å²) in [5, 5.41) is 4.02. The highest BCUT2D eigenvalue weighted by Gasteiger charge is 2.28. The second-order valence-corrected chi connectivity index (χ2v) is 10.6. The third kappa shape index (κ3) is 6.11. The largest absolute Gasteiger partial charge is 0.271 e. The summed E-state index contributed by atoms with van der Waals surface area (Å²) in [6.45, 7) is 9.50. The molecule has 0 spiro atoms. The topological polar surface area (TPSA) is 78.8 Å². The van der Waals surface area contributed by atoms with E-state index < -0.39 is 22.5 Å². The summed E-state index contributed by atoms with van der Waals surface area (Å²) in [4.78, 5) is 12.9. The van der Waals surface area contributed by atoms with Crippen molar-refractivity contribution in [2.45, 2.75) is 45.4 Å². The van der Waals surface area contributed by atoms with Crippen molar-refractivity contribution in [3.8, 4) is 0 Å². The predicted molar refractivity (Wildman–Crippen MR) is 138 cm³/mol. The van der Waals surface area contributed by atoms with E-state index in [1.54, 1.807) is 30.3 Å². The Hall–Kier alpha value is -3.45. The van der Waals surface area contributed by atoms with Crippen molar-refractivity contribution >= 4 is 27.8 Å². The Morgan fingerprint density at radius 2 is 1.56 bits per heavy atom. The van der Waals surface area contributed by atoms with Crippen molar-refractivity contribution in [3.63, 3.8) is 0 Å². The monoisotopic (exact) mass is 477 g/mol. The maximum absolute atomic E-state index is 13.5. The second kappa shape index (κ2) is 10.7. The molecule has 34 heavy (non-hydrogen) atoms. The van der Waals surface area contributed by atoms with Gasteiger partial charge in [0.25, 0.3) is 15.9 Å². The first-order chi connectivity index (χ1) is 16.1. The molecule has 0 unspecified atom stereocenters. The lowest BCUT2D eigenvalue weighted by Crippen LogP contribution is -2.40. The van der Waals surface area contributed by atoms with E-state index in [1.165, 1.54) is 11.8 Å². The van der Waals surface area contributed by atoms with Gasteiger partial charge in [0.2, 0.25) is 0 Å². The molecule has 3 rings (SSSR count). The highest BCUT2D eigenvalue weighted by Crippen LogP contribution is 2.27. The van der Waals surface area contributed by atoms with Gasteiger partial charge in [-0.05, 0) is 61.6 Å². The summed E-state index contributed by atoms with van der Waals surface area (Å²) >= 11 is 0. The number of anilines is 1. The average Bonchev–Trinajstić information content (AvgIpc) is 2.78. The first kappa shape index (κ1) is 25.2. The first-order valence-electron chi connectivity index (χ1n) is 11.2. The van der Waals surface area contributed by atoms with E-state index in [0.29, 0.717) is 11.6 Å². The van der Waals surface area contributed by atoms with Crippen LogP contribution in [0.4, 0.5) is 5.69 Å². The van der Waals surface area contributed by atoms with Crippen LogP contribution in [0.2, 0.25) is 0 Å². The molecule has 0 bridgehead atoms. The molecule has 178 valence electrons. The van der Waals surface area contributed by atoms with Crippen LogP contribution in [-0.2, 0) is 14.8 Å². The van der Waals surface area contributed by atoms with Crippen molar-refractivity contribution in [2.24, 2.45) is 5.10 Å². The number of hydrogen-bond acceptors (Lipinski definition) is 4. The predicted octanol–water partition coefficient (Wildman–Crippen LogP) is 5.08. The van der Waals surface area contributed by atoms with E-state index in [1.807, 2.05) is 57.2 Å². The molecule has 7 heteroatoms. The zero-order valence-electron chi connectivity index (χ0n) is 20.2. The molecular formula is C27H31N3O3S. The minimum atomic E-state index is -3.97. The Morgan fingerprint density at radius 3 is 2.15 bits per heavy atom. The lowest BCUT2D eigenvalue weighted by molar-refractivity contribution is -0.119. The van der Waals surface area contributed by atoms with E-state index in [4.69, 9.17) is 0 Å². The number of hydrogen-bond donors (Lipinski definition) is 1. The molecule has 0 radical (unpaired) electrons. The molecule has 0 saturated heterocycles. The highest BCUT2D eigenvalue weighted by atomic mass is 32.2. The molecule has 6 nitrogen and oxygen atoms in total. The minimum Gasteiger partial charge on any atom is -0.271 e. The minimum absolute atomic E-state index is 0.125. The fourth-order valence-electron chi connectivity index (χ4n) is 3.53. The van der Waals surface area contributed by atoms with Crippen LogP contribution in [0.25, 0.3) is 0 Å². The molecule has 0 heterocycles. The van der Waals surface area contributed by atoms with Gasteiger partial charge in [-0.1, -0.05) is 73.5 Å². The van der Waals surface area contributed by atoms with Crippen LogP contribution < -0.4 is 9.73 Å². The maximum atomic E-state index is 13.5. The lowest BCUT2D eigenvalue weighted by atomic mass is 10.0. The zero-order chi connectivity index (χ0) is 24.9.